The summed E-state index contributed by atoms with van der Waals surface area (Å²) in [6.07, 6.45) is 1.71. The van der Waals surface area contributed by atoms with Gasteiger partial charge in [0.2, 0.25) is 0 Å². The van der Waals surface area contributed by atoms with Gasteiger partial charge in [-0.05, 0) is 59.3 Å². The number of amides is 1. The summed E-state index contributed by atoms with van der Waals surface area (Å²) in [6.45, 7) is 3.29. The zero-order valence-corrected chi connectivity index (χ0v) is 16.4. The molecule has 0 aliphatic rings. The molecule has 2 heterocycles. The van der Waals surface area contributed by atoms with E-state index in [-0.39, 0.29) is 18.3 Å². The highest BCUT2D eigenvalue weighted by atomic mass is 79.9. The van der Waals surface area contributed by atoms with E-state index in [4.69, 9.17) is 20.8 Å². The minimum atomic E-state index is -0.293. The molecule has 2 aromatic heterocycles. The van der Waals surface area contributed by atoms with Crippen LogP contribution in [-0.2, 0) is 19.7 Å². The van der Waals surface area contributed by atoms with E-state index in [9.17, 15) is 4.79 Å². The molecular formula is C18H17BrClN3O3. The van der Waals surface area contributed by atoms with Crippen LogP contribution in [-0.4, -0.2) is 15.7 Å². The first-order chi connectivity index (χ1) is 12.6. The lowest BCUT2D eigenvalue weighted by Crippen LogP contribution is -2.24. The van der Waals surface area contributed by atoms with Gasteiger partial charge < -0.3 is 14.5 Å². The lowest BCUT2D eigenvalue weighted by atomic mass is 10.3. The predicted molar refractivity (Wildman–Crippen MR) is 101 cm³/mol. The topological polar surface area (TPSA) is 69.3 Å². The van der Waals surface area contributed by atoms with Crippen molar-refractivity contribution in [3.8, 4) is 5.75 Å². The van der Waals surface area contributed by atoms with Crippen LogP contribution in [0.15, 0.2) is 51.5 Å². The van der Waals surface area contributed by atoms with Crippen molar-refractivity contribution in [1.82, 2.24) is 15.1 Å². The molecule has 8 heteroatoms. The second kappa shape index (κ2) is 8.42. The molecule has 3 rings (SSSR count). The van der Waals surface area contributed by atoms with Gasteiger partial charge >= 0.3 is 0 Å². The molecule has 0 spiro atoms. The SMILES string of the molecule is CCn1ncc(Br)c1CNC(=O)c1ccc(COc2ccc(Cl)cc2)o1. The lowest BCUT2D eigenvalue weighted by Gasteiger charge is -2.07. The van der Waals surface area contributed by atoms with E-state index in [0.29, 0.717) is 23.1 Å². The van der Waals surface area contributed by atoms with Gasteiger partial charge in [0, 0.05) is 11.6 Å². The number of rotatable bonds is 7. The number of ether oxygens (including phenoxy) is 1. The lowest BCUT2D eigenvalue weighted by molar-refractivity contribution is 0.0918. The standard InChI is InChI=1S/C18H17BrClN3O3/c1-2-23-16(15(19)9-22-23)10-21-18(24)17-8-7-14(26-17)11-25-13-5-3-12(20)4-6-13/h3-9H,2,10-11H2,1H3,(H,21,24). The van der Waals surface area contributed by atoms with Crippen LogP contribution in [0, 0.1) is 0 Å². The summed E-state index contributed by atoms with van der Waals surface area (Å²) >= 11 is 9.27. The zero-order chi connectivity index (χ0) is 18.5. The molecule has 0 saturated carbocycles. The molecule has 0 fully saturated rings. The molecule has 0 atom stereocenters. The Hall–Kier alpha value is -2.25. The molecule has 0 aliphatic carbocycles. The summed E-state index contributed by atoms with van der Waals surface area (Å²) in [5.41, 5.74) is 0.902. The van der Waals surface area contributed by atoms with E-state index in [1.54, 1.807) is 42.6 Å². The first-order valence-corrected chi connectivity index (χ1v) is 9.19. The van der Waals surface area contributed by atoms with E-state index in [1.165, 1.54) is 0 Å². The summed E-state index contributed by atoms with van der Waals surface area (Å²) in [4.78, 5) is 12.3. The smallest absolute Gasteiger partial charge is 0.287 e. The Morgan fingerprint density at radius 3 is 2.81 bits per heavy atom. The van der Waals surface area contributed by atoms with Crippen LogP contribution in [0.5, 0.6) is 5.75 Å². The monoisotopic (exact) mass is 437 g/mol. The number of carbonyl (C=O) groups excluding carboxylic acids is 1. The van der Waals surface area contributed by atoms with Gasteiger partial charge in [-0.25, -0.2) is 0 Å². The third-order valence-electron chi connectivity index (χ3n) is 3.69. The maximum atomic E-state index is 12.3. The van der Waals surface area contributed by atoms with Crippen molar-refractivity contribution < 1.29 is 13.9 Å². The van der Waals surface area contributed by atoms with Gasteiger partial charge in [0.15, 0.2) is 5.76 Å². The Morgan fingerprint density at radius 2 is 2.08 bits per heavy atom. The maximum absolute atomic E-state index is 12.3. The number of aromatic nitrogens is 2. The van der Waals surface area contributed by atoms with Gasteiger partial charge in [0.1, 0.15) is 18.1 Å². The number of hydrogen-bond acceptors (Lipinski definition) is 4. The highest BCUT2D eigenvalue weighted by Crippen LogP contribution is 2.18. The Labute approximate surface area is 164 Å². The van der Waals surface area contributed by atoms with E-state index in [1.807, 2.05) is 11.6 Å². The van der Waals surface area contributed by atoms with E-state index in [2.05, 4.69) is 26.3 Å². The average Bonchev–Trinajstić information content (AvgIpc) is 3.26. The summed E-state index contributed by atoms with van der Waals surface area (Å²) in [7, 11) is 0. The van der Waals surface area contributed by atoms with Crippen LogP contribution >= 0.6 is 27.5 Å². The quantitative estimate of drug-likeness (QED) is 0.593. The van der Waals surface area contributed by atoms with Crippen molar-refractivity contribution in [1.29, 1.82) is 0 Å². The van der Waals surface area contributed by atoms with Crippen LogP contribution in [0.2, 0.25) is 5.02 Å². The molecular weight excluding hydrogens is 422 g/mol. The number of benzene rings is 1. The Morgan fingerprint density at radius 1 is 1.31 bits per heavy atom. The van der Waals surface area contributed by atoms with Crippen molar-refractivity contribution in [2.45, 2.75) is 26.6 Å². The molecule has 1 aromatic carbocycles. The third kappa shape index (κ3) is 4.47. The van der Waals surface area contributed by atoms with Gasteiger partial charge in [0.25, 0.3) is 5.91 Å². The molecule has 0 aliphatic heterocycles. The van der Waals surface area contributed by atoms with Crippen molar-refractivity contribution in [3.63, 3.8) is 0 Å². The highest BCUT2D eigenvalue weighted by Gasteiger charge is 2.14. The fourth-order valence-corrected chi connectivity index (χ4v) is 2.91. The normalized spacial score (nSPS) is 10.7. The Balaban J connectivity index is 1.55. The van der Waals surface area contributed by atoms with E-state index in [0.717, 1.165) is 16.7 Å². The number of hydrogen-bond donors (Lipinski definition) is 1. The molecule has 26 heavy (non-hydrogen) atoms. The molecule has 0 unspecified atom stereocenters. The van der Waals surface area contributed by atoms with Crippen molar-refractivity contribution >= 4 is 33.4 Å². The molecule has 6 nitrogen and oxygen atoms in total. The van der Waals surface area contributed by atoms with Crippen LogP contribution in [0.3, 0.4) is 0 Å². The third-order valence-corrected chi connectivity index (χ3v) is 4.61. The minimum Gasteiger partial charge on any atom is -0.486 e. The zero-order valence-electron chi connectivity index (χ0n) is 14.0. The van der Waals surface area contributed by atoms with Crippen molar-refractivity contribution in [2.75, 3.05) is 0 Å². The fraction of sp³-hybridized carbons (Fsp3) is 0.222. The van der Waals surface area contributed by atoms with Gasteiger partial charge in [-0.1, -0.05) is 11.6 Å². The second-order valence-electron chi connectivity index (χ2n) is 5.45. The van der Waals surface area contributed by atoms with E-state index < -0.39 is 0 Å². The average molecular weight is 439 g/mol. The predicted octanol–water partition coefficient (Wildman–Crippen LogP) is 4.42. The largest absolute Gasteiger partial charge is 0.486 e. The summed E-state index contributed by atoms with van der Waals surface area (Å²) in [6, 6.07) is 10.4. The van der Waals surface area contributed by atoms with Crippen molar-refractivity contribution in [2.24, 2.45) is 0 Å². The van der Waals surface area contributed by atoms with Crippen molar-refractivity contribution in [3.05, 3.63) is 69.3 Å². The van der Waals surface area contributed by atoms with Gasteiger partial charge in [-0.2, -0.15) is 5.10 Å². The Kier molecular flexibility index (Phi) is 6.00. The first kappa shape index (κ1) is 18.5. The summed E-state index contributed by atoms with van der Waals surface area (Å²) in [5, 5.41) is 7.69. The number of aryl methyl sites for hydroxylation is 1. The number of nitrogens with zero attached hydrogens (tertiary/aromatic N) is 2. The number of halogens is 2. The maximum Gasteiger partial charge on any atom is 0.287 e. The number of furan rings is 1. The van der Waals surface area contributed by atoms with E-state index >= 15 is 0 Å². The molecule has 136 valence electrons. The van der Waals surface area contributed by atoms with Crippen LogP contribution in [0.4, 0.5) is 0 Å². The fourth-order valence-electron chi connectivity index (χ4n) is 2.35. The van der Waals surface area contributed by atoms with Crippen LogP contribution < -0.4 is 10.1 Å². The molecule has 0 bridgehead atoms. The van der Waals surface area contributed by atoms with Crippen LogP contribution in [0.1, 0.15) is 28.9 Å². The van der Waals surface area contributed by atoms with Gasteiger partial charge in [0.05, 0.1) is 22.9 Å². The number of nitrogens with one attached hydrogen (secondary N) is 1. The number of carbonyl (C=O) groups is 1. The highest BCUT2D eigenvalue weighted by molar-refractivity contribution is 9.10. The molecule has 1 amide bonds. The summed E-state index contributed by atoms with van der Waals surface area (Å²) < 4.78 is 13.8. The second-order valence-corrected chi connectivity index (χ2v) is 6.74. The van der Waals surface area contributed by atoms with Gasteiger partial charge in [-0.15, -0.1) is 0 Å². The molecule has 0 saturated heterocycles. The Bertz CT molecular complexity index is 889. The molecule has 1 N–H and O–H groups in total. The van der Waals surface area contributed by atoms with Gasteiger partial charge in [-0.3, -0.25) is 9.48 Å². The van der Waals surface area contributed by atoms with Crippen LogP contribution in [0.25, 0.3) is 0 Å². The molecule has 3 aromatic rings. The molecule has 0 radical (unpaired) electrons. The summed E-state index contributed by atoms with van der Waals surface area (Å²) in [5.74, 6) is 1.18. The minimum absolute atomic E-state index is 0.225. The first-order valence-electron chi connectivity index (χ1n) is 8.02.